The van der Waals surface area contributed by atoms with Gasteiger partial charge in [-0.1, -0.05) is 30.3 Å². The van der Waals surface area contributed by atoms with Crippen LogP contribution < -0.4 is 5.32 Å². The number of fused-ring (bicyclic) bond motifs is 1. The van der Waals surface area contributed by atoms with Crippen LogP contribution in [0.1, 0.15) is 18.2 Å². The molecule has 8 heteroatoms. The highest BCUT2D eigenvalue weighted by molar-refractivity contribution is 5.85. The summed E-state index contributed by atoms with van der Waals surface area (Å²) in [5.74, 6) is 0.567. The number of piperidine rings is 1. The second-order valence-corrected chi connectivity index (χ2v) is 6.55. The van der Waals surface area contributed by atoms with Gasteiger partial charge in [0.05, 0.1) is 17.6 Å². The molecular formula is C18H20F2N6. The van der Waals surface area contributed by atoms with Crippen LogP contribution in [0, 0.1) is 0 Å². The zero-order valence-electron chi connectivity index (χ0n) is 14.1. The Morgan fingerprint density at radius 1 is 1.27 bits per heavy atom. The van der Waals surface area contributed by atoms with Crippen molar-refractivity contribution >= 4 is 16.9 Å². The third-order valence-corrected chi connectivity index (χ3v) is 4.78. The van der Waals surface area contributed by atoms with Gasteiger partial charge in [0.25, 0.3) is 0 Å². The molecule has 0 aliphatic carbocycles. The monoisotopic (exact) mass is 358 g/mol. The molecule has 3 heterocycles. The average molecular weight is 358 g/mol. The number of aromatic amines is 1. The van der Waals surface area contributed by atoms with Crippen molar-refractivity contribution in [1.29, 1.82) is 0 Å². The number of anilines is 1. The van der Waals surface area contributed by atoms with E-state index in [1.807, 2.05) is 23.1 Å². The van der Waals surface area contributed by atoms with Gasteiger partial charge in [0.15, 0.2) is 5.65 Å². The number of halogens is 2. The topological polar surface area (TPSA) is 69.7 Å². The van der Waals surface area contributed by atoms with E-state index in [-0.39, 0.29) is 19.1 Å². The third kappa shape index (κ3) is 3.50. The summed E-state index contributed by atoms with van der Waals surface area (Å²) in [5.41, 5.74) is 1.24. The summed E-state index contributed by atoms with van der Waals surface area (Å²) in [6.07, 6.45) is 1.39. The number of hydrogen-bond donors (Lipinski definition) is 2. The Hall–Kier alpha value is -2.61. The van der Waals surface area contributed by atoms with Crippen molar-refractivity contribution in [2.75, 3.05) is 25.0 Å². The first-order chi connectivity index (χ1) is 12.7. The predicted octanol–water partition coefficient (Wildman–Crippen LogP) is 2.89. The van der Waals surface area contributed by atoms with Crippen molar-refractivity contribution in [3.8, 4) is 0 Å². The Balaban J connectivity index is 1.37. The third-order valence-electron chi connectivity index (χ3n) is 4.78. The minimum atomic E-state index is -1.11. The molecule has 1 aliphatic rings. The maximum absolute atomic E-state index is 14.7. The highest BCUT2D eigenvalue weighted by Crippen LogP contribution is 2.25. The number of benzene rings is 1. The van der Waals surface area contributed by atoms with Gasteiger partial charge in [-0.25, -0.2) is 18.7 Å². The Morgan fingerprint density at radius 3 is 2.92 bits per heavy atom. The molecule has 1 aromatic carbocycles. The van der Waals surface area contributed by atoms with Gasteiger partial charge in [0.2, 0.25) is 0 Å². The number of likely N-dealkylation sites (tertiary alicyclic amines) is 1. The van der Waals surface area contributed by atoms with E-state index in [1.165, 1.54) is 6.33 Å². The van der Waals surface area contributed by atoms with Crippen molar-refractivity contribution in [3.63, 3.8) is 0 Å². The lowest BCUT2D eigenvalue weighted by atomic mass is 10.0. The Kier molecular flexibility index (Phi) is 4.75. The molecule has 1 saturated heterocycles. The summed E-state index contributed by atoms with van der Waals surface area (Å²) >= 11 is 0. The van der Waals surface area contributed by atoms with E-state index in [4.69, 9.17) is 0 Å². The van der Waals surface area contributed by atoms with Gasteiger partial charge in [-0.15, -0.1) is 0 Å². The van der Waals surface area contributed by atoms with E-state index < -0.39 is 12.3 Å². The molecule has 3 aromatic rings. The second-order valence-electron chi connectivity index (χ2n) is 6.55. The molecule has 1 fully saturated rings. The van der Waals surface area contributed by atoms with Gasteiger partial charge >= 0.3 is 0 Å². The summed E-state index contributed by atoms with van der Waals surface area (Å²) in [4.78, 5) is 10.1. The van der Waals surface area contributed by atoms with Crippen LogP contribution in [0.3, 0.4) is 0 Å². The zero-order valence-corrected chi connectivity index (χ0v) is 14.1. The van der Waals surface area contributed by atoms with Gasteiger partial charge in [0, 0.05) is 19.6 Å². The molecule has 2 N–H and O–H groups in total. The van der Waals surface area contributed by atoms with E-state index >= 15 is 0 Å². The normalized spacial score (nSPS) is 22.4. The lowest BCUT2D eigenvalue weighted by Gasteiger charge is -2.35. The first-order valence-electron chi connectivity index (χ1n) is 8.67. The van der Waals surface area contributed by atoms with Crippen LogP contribution in [0.25, 0.3) is 11.0 Å². The molecule has 6 nitrogen and oxygen atoms in total. The largest absolute Gasteiger partial charge is 0.364 e. The minimum Gasteiger partial charge on any atom is -0.364 e. The number of nitrogens with one attached hydrogen (secondary N) is 2. The molecule has 0 radical (unpaired) electrons. The molecule has 0 spiro atoms. The van der Waals surface area contributed by atoms with Crippen LogP contribution in [-0.2, 0) is 0 Å². The molecule has 4 rings (SSSR count). The molecule has 2 aromatic heterocycles. The van der Waals surface area contributed by atoms with Crippen LogP contribution in [0.15, 0.2) is 42.9 Å². The van der Waals surface area contributed by atoms with Crippen LogP contribution in [-0.4, -0.2) is 56.9 Å². The fraction of sp³-hybridized carbons (Fsp3) is 0.389. The van der Waals surface area contributed by atoms with E-state index in [1.54, 1.807) is 18.3 Å². The van der Waals surface area contributed by atoms with Crippen LogP contribution in [0.2, 0.25) is 0 Å². The standard InChI is InChI=1S/C18H20F2N6/c19-14(12-4-2-1-3-5-12)9-26-7-6-16(15(20)10-26)24-17-13-8-23-25-18(13)22-11-21-17/h1-5,8,11,14-16H,6-7,9-10H2,(H2,21,22,23,24,25). The molecule has 0 saturated carbocycles. The van der Waals surface area contributed by atoms with Gasteiger partial charge in [-0.2, -0.15) is 5.10 Å². The number of H-pyrrole nitrogens is 1. The van der Waals surface area contributed by atoms with Crippen molar-refractivity contribution < 1.29 is 8.78 Å². The summed E-state index contributed by atoms with van der Waals surface area (Å²) in [5, 5.41) is 10.6. The molecule has 0 bridgehead atoms. The van der Waals surface area contributed by atoms with Crippen molar-refractivity contribution in [2.24, 2.45) is 0 Å². The molecule has 0 amide bonds. The van der Waals surface area contributed by atoms with Crippen molar-refractivity contribution in [2.45, 2.75) is 24.8 Å². The quantitative estimate of drug-likeness (QED) is 0.734. The summed E-state index contributed by atoms with van der Waals surface area (Å²) in [7, 11) is 0. The fourth-order valence-electron chi connectivity index (χ4n) is 3.35. The van der Waals surface area contributed by atoms with E-state index in [9.17, 15) is 8.78 Å². The van der Waals surface area contributed by atoms with E-state index in [0.717, 1.165) is 5.39 Å². The number of aromatic nitrogens is 4. The first-order valence-corrected chi connectivity index (χ1v) is 8.67. The number of alkyl halides is 2. The van der Waals surface area contributed by atoms with E-state index in [2.05, 4.69) is 25.5 Å². The molecule has 1 aliphatic heterocycles. The summed E-state index contributed by atoms with van der Waals surface area (Å²) in [6.45, 7) is 1.03. The Labute approximate surface area is 149 Å². The maximum atomic E-state index is 14.7. The predicted molar refractivity (Wildman–Crippen MR) is 95.3 cm³/mol. The lowest BCUT2D eigenvalue weighted by Crippen LogP contribution is -2.48. The minimum absolute atomic E-state index is 0.199. The Morgan fingerprint density at radius 2 is 2.12 bits per heavy atom. The Bertz CT molecular complexity index is 855. The maximum Gasteiger partial charge on any atom is 0.160 e. The molecule has 3 unspecified atom stereocenters. The van der Waals surface area contributed by atoms with Gasteiger partial charge in [-0.05, 0) is 12.0 Å². The SMILES string of the molecule is FC(CN1CCC(Nc2ncnc3[nH]ncc23)C(F)C1)c1ccccc1. The first kappa shape index (κ1) is 16.8. The number of rotatable bonds is 5. The average Bonchev–Trinajstić information content (AvgIpc) is 3.14. The summed E-state index contributed by atoms with van der Waals surface area (Å²) < 4.78 is 29.1. The van der Waals surface area contributed by atoms with Crippen molar-refractivity contribution in [3.05, 3.63) is 48.4 Å². The van der Waals surface area contributed by atoms with Crippen molar-refractivity contribution in [1.82, 2.24) is 25.1 Å². The lowest BCUT2D eigenvalue weighted by molar-refractivity contribution is 0.101. The van der Waals surface area contributed by atoms with Gasteiger partial charge in [0.1, 0.15) is 24.5 Å². The molecule has 136 valence electrons. The molecular weight excluding hydrogens is 338 g/mol. The second kappa shape index (κ2) is 7.33. The van der Waals surface area contributed by atoms with E-state index in [0.29, 0.717) is 30.0 Å². The molecule has 26 heavy (non-hydrogen) atoms. The van der Waals surface area contributed by atoms with Crippen LogP contribution in [0.5, 0.6) is 0 Å². The number of nitrogens with zero attached hydrogens (tertiary/aromatic N) is 4. The molecule has 3 atom stereocenters. The highest BCUT2D eigenvalue weighted by Gasteiger charge is 2.31. The zero-order chi connectivity index (χ0) is 17.9. The highest BCUT2D eigenvalue weighted by atomic mass is 19.1. The smallest absolute Gasteiger partial charge is 0.160 e. The summed E-state index contributed by atoms with van der Waals surface area (Å²) in [6, 6.07) is 8.64. The van der Waals surface area contributed by atoms with Crippen LogP contribution in [0.4, 0.5) is 14.6 Å². The van der Waals surface area contributed by atoms with Crippen LogP contribution >= 0.6 is 0 Å². The van der Waals surface area contributed by atoms with Gasteiger partial charge in [-0.3, -0.25) is 10.00 Å². The fourth-order valence-corrected chi connectivity index (χ4v) is 3.35. The number of hydrogen-bond acceptors (Lipinski definition) is 5. The van der Waals surface area contributed by atoms with Gasteiger partial charge < -0.3 is 5.32 Å².